The number of ether oxygens (including phenoxy) is 1. The van der Waals surface area contributed by atoms with Gasteiger partial charge in [-0.3, -0.25) is 9.78 Å². The molecule has 1 unspecified atom stereocenters. The second-order valence-electron chi connectivity index (χ2n) is 9.64. The van der Waals surface area contributed by atoms with E-state index in [1.54, 1.807) is 6.20 Å². The molecule has 31 heavy (non-hydrogen) atoms. The van der Waals surface area contributed by atoms with Gasteiger partial charge in [0.25, 0.3) is 0 Å². The maximum absolute atomic E-state index is 13.4. The van der Waals surface area contributed by atoms with Gasteiger partial charge in [0.1, 0.15) is 0 Å². The van der Waals surface area contributed by atoms with Gasteiger partial charge in [0.2, 0.25) is 5.91 Å². The molecule has 1 saturated heterocycles. The highest BCUT2D eigenvalue weighted by molar-refractivity contribution is 5.80. The Balaban J connectivity index is 1.55. The highest BCUT2D eigenvalue weighted by Crippen LogP contribution is 2.44. The third-order valence-electron chi connectivity index (χ3n) is 6.50. The highest BCUT2D eigenvalue weighted by atomic mass is 16.5. The first kappa shape index (κ1) is 21.5. The molecule has 2 heterocycles. The zero-order chi connectivity index (χ0) is 22.1. The van der Waals surface area contributed by atoms with Crippen LogP contribution in [0.1, 0.15) is 49.8 Å². The number of rotatable bonds is 5. The van der Waals surface area contributed by atoms with Crippen molar-refractivity contribution in [3.63, 3.8) is 0 Å². The largest absolute Gasteiger partial charge is 0.376 e. The van der Waals surface area contributed by atoms with Crippen molar-refractivity contribution in [3.05, 3.63) is 77.5 Å². The predicted molar refractivity (Wildman–Crippen MR) is 125 cm³/mol. The Bertz CT molecular complexity index is 1070. The molecule has 2 aromatic carbocycles. The Morgan fingerprint density at radius 3 is 2.65 bits per heavy atom. The van der Waals surface area contributed by atoms with Crippen LogP contribution in [0.2, 0.25) is 0 Å². The first-order valence-corrected chi connectivity index (χ1v) is 11.1. The first-order valence-electron chi connectivity index (χ1n) is 11.1. The second kappa shape index (κ2) is 8.43. The number of carbonyl (C=O) groups is 1. The molecule has 4 nitrogen and oxygen atoms in total. The molecular weight excluding hydrogens is 384 g/mol. The fraction of sp³-hybridized carbons (Fsp3) is 0.407. The standard InChI is InChI=1S/C27H32N2O2/c1-20-7-10-23(11-8-20)27(13-15-31-26(2,3)19-27)17-25(30)29(4)18-21-9-12-24-22(16-21)6-5-14-28-24/h5-12,14,16H,13,15,17-19H2,1-4H3. The molecule has 3 aromatic rings. The van der Waals surface area contributed by atoms with Crippen LogP contribution in [0.5, 0.6) is 0 Å². The van der Waals surface area contributed by atoms with Crippen LogP contribution in [0.4, 0.5) is 0 Å². The number of pyridine rings is 1. The van der Waals surface area contributed by atoms with E-state index in [-0.39, 0.29) is 16.9 Å². The Labute approximate surface area is 185 Å². The Morgan fingerprint density at radius 2 is 1.90 bits per heavy atom. The van der Waals surface area contributed by atoms with Crippen molar-refractivity contribution in [2.24, 2.45) is 0 Å². The van der Waals surface area contributed by atoms with Crippen LogP contribution in [0.15, 0.2) is 60.8 Å². The second-order valence-corrected chi connectivity index (χ2v) is 9.64. The molecule has 1 atom stereocenters. The molecule has 0 radical (unpaired) electrons. The summed E-state index contributed by atoms with van der Waals surface area (Å²) in [6.07, 6.45) is 4.00. The van der Waals surface area contributed by atoms with E-state index in [9.17, 15) is 4.79 Å². The van der Waals surface area contributed by atoms with Crippen LogP contribution in [0.25, 0.3) is 10.9 Å². The molecular formula is C27H32N2O2. The zero-order valence-corrected chi connectivity index (χ0v) is 19.0. The number of hydrogen-bond acceptors (Lipinski definition) is 3. The van der Waals surface area contributed by atoms with Crippen molar-refractivity contribution in [1.82, 2.24) is 9.88 Å². The van der Waals surface area contributed by atoms with Crippen LogP contribution >= 0.6 is 0 Å². The van der Waals surface area contributed by atoms with Gasteiger partial charge in [0.15, 0.2) is 0 Å². The van der Waals surface area contributed by atoms with E-state index in [0.717, 1.165) is 29.3 Å². The number of nitrogens with zero attached hydrogens (tertiary/aromatic N) is 2. The maximum atomic E-state index is 13.4. The van der Waals surface area contributed by atoms with Gasteiger partial charge in [-0.25, -0.2) is 0 Å². The van der Waals surface area contributed by atoms with E-state index in [4.69, 9.17) is 4.74 Å². The number of hydrogen-bond donors (Lipinski definition) is 0. The fourth-order valence-corrected chi connectivity index (χ4v) is 4.89. The van der Waals surface area contributed by atoms with Crippen LogP contribution < -0.4 is 0 Å². The number of carbonyl (C=O) groups excluding carboxylic acids is 1. The van der Waals surface area contributed by atoms with Gasteiger partial charge in [-0.05, 0) is 62.9 Å². The van der Waals surface area contributed by atoms with Crippen molar-refractivity contribution in [2.75, 3.05) is 13.7 Å². The number of fused-ring (bicyclic) bond motifs is 1. The van der Waals surface area contributed by atoms with Gasteiger partial charge in [-0.15, -0.1) is 0 Å². The molecule has 1 aliphatic rings. The molecule has 1 fully saturated rings. The smallest absolute Gasteiger partial charge is 0.223 e. The average Bonchev–Trinajstić information content (AvgIpc) is 2.73. The number of aromatic nitrogens is 1. The summed E-state index contributed by atoms with van der Waals surface area (Å²) in [7, 11) is 1.91. The van der Waals surface area contributed by atoms with E-state index in [0.29, 0.717) is 19.6 Å². The molecule has 4 heteroatoms. The summed E-state index contributed by atoms with van der Waals surface area (Å²) in [5.74, 6) is 0.171. The van der Waals surface area contributed by atoms with E-state index in [2.05, 4.69) is 68.2 Å². The SMILES string of the molecule is Cc1ccc(C2(CC(=O)N(C)Cc3ccc4ncccc4c3)CCOC(C)(C)C2)cc1. The quantitative estimate of drug-likeness (QED) is 0.558. The van der Waals surface area contributed by atoms with E-state index < -0.39 is 0 Å². The van der Waals surface area contributed by atoms with Crippen molar-refractivity contribution < 1.29 is 9.53 Å². The van der Waals surface area contributed by atoms with Crippen molar-refractivity contribution in [3.8, 4) is 0 Å². The lowest BCUT2D eigenvalue weighted by atomic mass is 9.67. The fourth-order valence-electron chi connectivity index (χ4n) is 4.89. The van der Waals surface area contributed by atoms with Crippen LogP contribution in [0, 0.1) is 6.92 Å². The summed E-state index contributed by atoms with van der Waals surface area (Å²) in [6.45, 7) is 7.63. The minimum absolute atomic E-state index is 0.171. The topological polar surface area (TPSA) is 42.4 Å². The average molecular weight is 417 g/mol. The molecule has 4 rings (SSSR count). The third kappa shape index (κ3) is 4.80. The molecule has 0 aliphatic carbocycles. The lowest BCUT2D eigenvalue weighted by Gasteiger charge is -2.45. The van der Waals surface area contributed by atoms with E-state index in [1.807, 2.05) is 24.1 Å². The molecule has 0 saturated carbocycles. The summed E-state index contributed by atoms with van der Waals surface area (Å²) < 4.78 is 6.01. The van der Waals surface area contributed by atoms with Crippen LogP contribution in [-0.4, -0.2) is 35.0 Å². The molecule has 0 N–H and O–H groups in total. The van der Waals surface area contributed by atoms with Crippen LogP contribution in [-0.2, 0) is 21.5 Å². The van der Waals surface area contributed by atoms with Gasteiger partial charge in [-0.2, -0.15) is 0 Å². The lowest BCUT2D eigenvalue weighted by Crippen LogP contribution is -2.46. The minimum atomic E-state index is -0.243. The van der Waals surface area contributed by atoms with Gasteiger partial charge in [-0.1, -0.05) is 42.0 Å². The number of benzene rings is 2. The monoisotopic (exact) mass is 416 g/mol. The molecule has 1 aromatic heterocycles. The van der Waals surface area contributed by atoms with Gasteiger partial charge < -0.3 is 9.64 Å². The van der Waals surface area contributed by atoms with Gasteiger partial charge in [0, 0.05) is 43.6 Å². The summed E-state index contributed by atoms with van der Waals surface area (Å²) in [5, 5.41) is 1.10. The molecule has 162 valence electrons. The maximum Gasteiger partial charge on any atom is 0.223 e. The Morgan fingerprint density at radius 1 is 1.13 bits per heavy atom. The van der Waals surface area contributed by atoms with Crippen molar-refractivity contribution in [1.29, 1.82) is 0 Å². The molecule has 0 spiro atoms. The summed E-state index contributed by atoms with van der Waals surface area (Å²) in [6, 6.07) is 18.9. The van der Waals surface area contributed by atoms with Crippen LogP contribution in [0.3, 0.4) is 0 Å². The summed E-state index contributed by atoms with van der Waals surface area (Å²) >= 11 is 0. The van der Waals surface area contributed by atoms with E-state index in [1.165, 1.54) is 11.1 Å². The molecule has 0 bridgehead atoms. The summed E-state index contributed by atoms with van der Waals surface area (Å²) in [5.41, 5.74) is 4.13. The highest BCUT2D eigenvalue weighted by Gasteiger charge is 2.43. The minimum Gasteiger partial charge on any atom is -0.376 e. The van der Waals surface area contributed by atoms with Crippen molar-refractivity contribution >= 4 is 16.8 Å². The normalized spacial score (nSPS) is 20.5. The lowest BCUT2D eigenvalue weighted by molar-refractivity contribution is -0.135. The number of aryl methyl sites for hydroxylation is 1. The molecule has 1 aliphatic heterocycles. The van der Waals surface area contributed by atoms with Gasteiger partial charge in [0.05, 0.1) is 11.1 Å². The zero-order valence-electron chi connectivity index (χ0n) is 19.0. The van der Waals surface area contributed by atoms with Gasteiger partial charge >= 0.3 is 0 Å². The number of amides is 1. The first-order chi connectivity index (χ1) is 14.8. The third-order valence-corrected chi connectivity index (χ3v) is 6.50. The predicted octanol–water partition coefficient (Wildman–Crippen LogP) is 5.42. The van der Waals surface area contributed by atoms with E-state index >= 15 is 0 Å². The molecule has 1 amide bonds. The Kier molecular flexibility index (Phi) is 5.85. The Hall–Kier alpha value is -2.72. The summed E-state index contributed by atoms with van der Waals surface area (Å²) in [4.78, 5) is 19.6. The van der Waals surface area contributed by atoms with Crippen molar-refractivity contribution in [2.45, 2.75) is 57.6 Å².